The minimum atomic E-state index is -0.550. The summed E-state index contributed by atoms with van der Waals surface area (Å²) < 4.78 is 0. The predicted octanol–water partition coefficient (Wildman–Crippen LogP) is 4.37. The molecule has 1 unspecified atom stereocenters. The Kier molecular flexibility index (Phi) is 8.39. The fraction of sp³-hybridized carbons (Fsp3) is 0.545. The third-order valence-corrected chi connectivity index (χ3v) is 6.19. The number of hydrogen-bond donors (Lipinski definition) is 2. The first-order valence-electron chi connectivity index (χ1n) is 9.89. The van der Waals surface area contributed by atoms with Gasteiger partial charge in [0.05, 0.1) is 5.60 Å². The number of rotatable bonds is 4. The highest BCUT2D eigenvalue weighted by molar-refractivity contribution is 5.85. The predicted molar refractivity (Wildman–Crippen MR) is 119 cm³/mol. The molecule has 27 heavy (non-hydrogen) atoms. The summed E-state index contributed by atoms with van der Waals surface area (Å²) in [5.41, 5.74) is 0.757. The van der Waals surface area contributed by atoms with Crippen molar-refractivity contribution in [3.8, 4) is 0 Å². The van der Waals surface area contributed by atoms with Crippen LogP contribution in [0.25, 0.3) is 10.8 Å². The Hall–Kier alpha value is -0.840. The van der Waals surface area contributed by atoms with Crippen LogP contribution in [0.15, 0.2) is 42.5 Å². The molecule has 0 aromatic heterocycles. The van der Waals surface area contributed by atoms with Gasteiger partial charge in [-0.15, -0.1) is 24.8 Å². The van der Waals surface area contributed by atoms with Gasteiger partial charge in [-0.25, -0.2) is 0 Å². The monoisotopic (exact) mass is 410 g/mol. The minimum Gasteiger partial charge on any atom is -0.389 e. The third-order valence-electron chi connectivity index (χ3n) is 6.19. The van der Waals surface area contributed by atoms with E-state index in [0.29, 0.717) is 0 Å². The first-order valence-corrected chi connectivity index (χ1v) is 9.89. The van der Waals surface area contributed by atoms with Crippen molar-refractivity contribution in [2.45, 2.75) is 43.6 Å². The Labute approximate surface area is 175 Å². The van der Waals surface area contributed by atoms with Crippen LogP contribution in [0.3, 0.4) is 0 Å². The van der Waals surface area contributed by atoms with Gasteiger partial charge in [-0.2, -0.15) is 0 Å². The molecule has 1 aliphatic carbocycles. The number of piperazine rings is 1. The van der Waals surface area contributed by atoms with Crippen molar-refractivity contribution < 1.29 is 5.11 Å². The molecule has 0 spiro atoms. The second kappa shape index (κ2) is 10.1. The quantitative estimate of drug-likeness (QED) is 0.785. The van der Waals surface area contributed by atoms with E-state index in [0.717, 1.165) is 58.4 Å². The molecule has 3 nitrogen and oxygen atoms in total. The maximum absolute atomic E-state index is 11.5. The zero-order chi connectivity index (χ0) is 17.1. The maximum Gasteiger partial charge on any atom is 0.0728 e. The Morgan fingerprint density at radius 1 is 0.926 bits per heavy atom. The van der Waals surface area contributed by atoms with E-state index in [-0.39, 0.29) is 30.7 Å². The van der Waals surface area contributed by atoms with E-state index in [1.54, 1.807) is 0 Å². The molecule has 0 radical (unpaired) electrons. The van der Waals surface area contributed by atoms with Crippen molar-refractivity contribution in [1.82, 2.24) is 10.2 Å². The van der Waals surface area contributed by atoms with Gasteiger partial charge < -0.3 is 15.3 Å². The first kappa shape index (κ1) is 22.4. The summed E-state index contributed by atoms with van der Waals surface area (Å²) in [6.07, 6.45) is 5.46. The van der Waals surface area contributed by atoms with Crippen LogP contribution in [0, 0.1) is 0 Å². The molecule has 0 bridgehead atoms. The molecule has 1 atom stereocenters. The molecule has 1 aliphatic heterocycles. The van der Waals surface area contributed by atoms with Crippen LogP contribution >= 0.6 is 24.8 Å². The summed E-state index contributed by atoms with van der Waals surface area (Å²) in [7, 11) is 0. The molecule has 1 heterocycles. The third kappa shape index (κ3) is 5.16. The van der Waals surface area contributed by atoms with Crippen LogP contribution in [-0.4, -0.2) is 48.3 Å². The Balaban J connectivity index is 0.00000131. The van der Waals surface area contributed by atoms with Crippen molar-refractivity contribution in [2.24, 2.45) is 0 Å². The average Bonchev–Trinajstić information content (AvgIpc) is 2.67. The lowest BCUT2D eigenvalue weighted by Crippen LogP contribution is -2.49. The zero-order valence-electron chi connectivity index (χ0n) is 15.9. The summed E-state index contributed by atoms with van der Waals surface area (Å²) in [5, 5.41) is 17.5. The Morgan fingerprint density at radius 3 is 2.30 bits per heavy atom. The van der Waals surface area contributed by atoms with Crippen molar-refractivity contribution in [3.05, 3.63) is 48.0 Å². The standard InChI is InChI=1S/C22H30N2O.2ClH/c25-22(10-4-1-5-11-22)21(17-24-14-12-23-13-15-24)20-9-8-18-6-2-3-7-19(18)16-20;;/h2-3,6-9,16,21,23,25H,1,4-5,10-15,17H2;2*1H. The largest absolute Gasteiger partial charge is 0.389 e. The lowest BCUT2D eigenvalue weighted by Gasteiger charge is -2.42. The Morgan fingerprint density at radius 2 is 1.59 bits per heavy atom. The highest BCUT2D eigenvalue weighted by atomic mass is 35.5. The summed E-state index contributed by atoms with van der Waals surface area (Å²) >= 11 is 0. The second-order valence-electron chi connectivity index (χ2n) is 7.87. The van der Waals surface area contributed by atoms with E-state index >= 15 is 0 Å². The van der Waals surface area contributed by atoms with Gasteiger partial charge in [-0.1, -0.05) is 61.7 Å². The van der Waals surface area contributed by atoms with Crippen LogP contribution in [0.4, 0.5) is 0 Å². The molecule has 150 valence electrons. The molecule has 0 amide bonds. The van der Waals surface area contributed by atoms with Crippen molar-refractivity contribution in [3.63, 3.8) is 0 Å². The van der Waals surface area contributed by atoms with E-state index in [4.69, 9.17) is 0 Å². The van der Waals surface area contributed by atoms with E-state index in [1.165, 1.54) is 22.8 Å². The summed E-state index contributed by atoms with van der Waals surface area (Å²) in [6, 6.07) is 15.3. The van der Waals surface area contributed by atoms with Gasteiger partial charge in [-0.3, -0.25) is 0 Å². The number of fused-ring (bicyclic) bond motifs is 1. The molecule has 4 rings (SSSR count). The van der Waals surface area contributed by atoms with E-state index < -0.39 is 5.60 Å². The number of halogens is 2. The molecule has 2 aliphatic rings. The number of aliphatic hydroxyl groups is 1. The van der Waals surface area contributed by atoms with Gasteiger partial charge in [0, 0.05) is 38.6 Å². The highest BCUT2D eigenvalue weighted by Crippen LogP contribution is 2.41. The second-order valence-corrected chi connectivity index (χ2v) is 7.87. The molecule has 2 aromatic rings. The normalized spacial score (nSPS) is 21.1. The molecule has 1 saturated heterocycles. The van der Waals surface area contributed by atoms with Crippen molar-refractivity contribution >= 4 is 35.6 Å². The molecule has 2 N–H and O–H groups in total. The van der Waals surface area contributed by atoms with Gasteiger partial charge in [0.1, 0.15) is 0 Å². The van der Waals surface area contributed by atoms with Gasteiger partial charge >= 0.3 is 0 Å². The lowest BCUT2D eigenvalue weighted by molar-refractivity contribution is -0.0316. The topological polar surface area (TPSA) is 35.5 Å². The van der Waals surface area contributed by atoms with Crippen molar-refractivity contribution in [2.75, 3.05) is 32.7 Å². The molecule has 5 heteroatoms. The fourth-order valence-electron chi connectivity index (χ4n) is 4.67. The molecule has 2 aromatic carbocycles. The minimum absolute atomic E-state index is 0. The van der Waals surface area contributed by atoms with Crippen LogP contribution in [-0.2, 0) is 0 Å². The van der Waals surface area contributed by atoms with Gasteiger partial charge in [0.2, 0.25) is 0 Å². The zero-order valence-corrected chi connectivity index (χ0v) is 17.5. The molecular weight excluding hydrogens is 379 g/mol. The number of benzene rings is 2. The molecule has 1 saturated carbocycles. The van der Waals surface area contributed by atoms with E-state index in [9.17, 15) is 5.11 Å². The fourth-order valence-corrected chi connectivity index (χ4v) is 4.67. The van der Waals surface area contributed by atoms with Crippen LogP contribution in [0.2, 0.25) is 0 Å². The Bertz CT molecular complexity index is 712. The average molecular weight is 411 g/mol. The number of nitrogens with one attached hydrogen (secondary N) is 1. The number of nitrogens with zero attached hydrogens (tertiary/aromatic N) is 1. The van der Waals surface area contributed by atoms with Crippen LogP contribution in [0.5, 0.6) is 0 Å². The summed E-state index contributed by atoms with van der Waals surface area (Å²) in [6.45, 7) is 5.25. The van der Waals surface area contributed by atoms with Crippen LogP contribution < -0.4 is 5.32 Å². The van der Waals surface area contributed by atoms with Gasteiger partial charge in [-0.05, 0) is 29.2 Å². The summed E-state index contributed by atoms with van der Waals surface area (Å²) in [5.74, 6) is 0.204. The number of hydrogen-bond acceptors (Lipinski definition) is 3. The van der Waals surface area contributed by atoms with Crippen LogP contribution in [0.1, 0.15) is 43.6 Å². The van der Waals surface area contributed by atoms with E-state index in [1.807, 2.05) is 0 Å². The molecular formula is C22H32Cl2N2O. The van der Waals surface area contributed by atoms with Gasteiger partial charge in [0.25, 0.3) is 0 Å². The molecule has 2 fully saturated rings. The van der Waals surface area contributed by atoms with E-state index in [2.05, 4.69) is 52.7 Å². The first-order chi connectivity index (χ1) is 12.2. The lowest BCUT2D eigenvalue weighted by atomic mass is 9.72. The SMILES string of the molecule is Cl.Cl.OC1(C(CN2CCNCC2)c2ccc3ccccc3c2)CCCCC1. The van der Waals surface area contributed by atoms with Gasteiger partial charge in [0.15, 0.2) is 0 Å². The van der Waals surface area contributed by atoms with Crippen molar-refractivity contribution in [1.29, 1.82) is 0 Å². The highest BCUT2D eigenvalue weighted by Gasteiger charge is 2.39. The maximum atomic E-state index is 11.5. The summed E-state index contributed by atoms with van der Waals surface area (Å²) in [4.78, 5) is 2.53. The smallest absolute Gasteiger partial charge is 0.0728 e.